The van der Waals surface area contributed by atoms with Gasteiger partial charge in [-0.05, 0) is 24.6 Å². The molecule has 1 atom stereocenters. The molecule has 0 spiro atoms. The van der Waals surface area contributed by atoms with E-state index in [1.54, 1.807) is 24.3 Å². The van der Waals surface area contributed by atoms with Gasteiger partial charge in [0.15, 0.2) is 0 Å². The first-order valence-electron chi connectivity index (χ1n) is 8.99. The molecule has 1 aliphatic heterocycles. The van der Waals surface area contributed by atoms with E-state index >= 15 is 0 Å². The van der Waals surface area contributed by atoms with Crippen LogP contribution in [0.15, 0.2) is 75.1 Å². The minimum atomic E-state index is -0.841. The van der Waals surface area contributed by atoms with Gasteiger partial charge >= 0.3 is 0 Å². The van der Waals surface area contributed by atoms with Crippen molar-refractivity contribution in [3.05, 3.63) is 97.4 Å². The maximum Gasteiger partial charge on any atom is 0.280 e. The SMILES string of the molecule is Cc1ccc(C2C(C#N)=C(N)OC(n3[nH]c(=O)c4ccccc4c3=O)=C2C#N)cc1. The highest BCUT2D eigenvalue weighted by Crippen LogP contribution is 2.39. The summed E-state index contributed by atoms with van der Waals surface area (Å²) in [5.74, 6) is -1.31. The molecule has 0 fully saturated rings. The molecule has 1 aliphatic rings. The van der Waals surface area contributed by atoms with Gasteiger partial charge in [0.25, 0.3) is 11.1 Å². The van der Waals surface area contributed by atoms with Crippen LogP contribution in [0.5, 0.6) is 0 Å². The number of allylic oxidation sites excluding steroid dienone is 2. The topological polar surface area (TPSA) is 138 Å². The van der Waals surface area contributed by atoms with Crippen molar-refractivity contribution >= 4 is 16.7 Å². The van der Waals surface area contributed by atoms with E-state index in [0.717, 1.165) is 10.2 Å². The van der Waals surface area contributed by atoms with E-state index in [4.69, 9.17) is 10.5 Å². The van der Waals surface area contributed by atoms with Crippen LogP contribution in [0.4, 0.5) is 0 Å². The number of nitriles is 2. The quantitative estimate of drug-likeness (QED) is 0.680. The van der Waals surface area contributed by atoms with E-state index in [1.807, 2.05) is 31.2 Å². The highest BCUT2D eigenvalue weighted by molar-refractivity contribution is 5.81. The van der Waals surface area contributed by atoms with Crippen molar-refractivity contribution in [2.45, 2.75) is 12.8 Å². The van der Waals surface area contributed by atoms with E-state index in [-0.39, 0.29) is 33.7 Å². The Hall–Kier alpha value is -4.56. The van der Waals surface area contributed by atoms with Gasteiger partial charge in [-0.1, -0.05) is 42.0 Å². The average molecular weight is 397 g/mol. The first-order valence-corrected chi connectivity index (χ1v) is 8.99. The van der Waals surface area contributed by atoms with Crippen molar-refractivity contribution in [2.75, 3.05) is 0 Å². The van der Waals surface area contributed by atoms with Crippen molar-refractivity contribution in [3.8, 4) is 12.1 Å². The second-order valence-electron chi connectivity index (χ2n) is 6.79. The minimum absolute atomic E-state index is 0.0161. The first-order chi connectivity index (χ1) is 14.5. The van der Waals surface area contributed by atoms with E-state index in [9.17, 15) is 20.1 Å². The van der Waals surface area contributed by atoms with Crippen LogP contribution >= 0.6 is 0 Å². The number of rotatable bonds is 2. The summed E-state index contributed by atoms with van der Waals surface area (Å²) >= 11 is 0. The summed E-state index contributed by atoms with van der Waals surface area (Å²) in [6, 6.07) is 17.6. The molecule has 8 nitrogen and oxygen atoms in total. The number of aromatic amines is 1. The van der Waals surface area contributed by atoms with Crippen LogP contribution in [0, 0.1) is 29.6 Å². The van der Waals surface area contributed by atoms with Gasteiger partial charge in [-0.25, -0.2) is 0 Å². The fourth-order valence-corrected chi connectivity index (χ4v) is 3.46. The Morgan fingerprint density at radius 1 is 1.00 bits per heavy atom. The lowest BCUT2D eigenvalue weighted by atomic mass is 9.84. The second-order valence-corrected chi connectivity index (χ2v) is 6.79. The van der Waals surface area contributed by atoms with Crippen molar-refractivity contribution in [3.63, 3.8) is 0 Å². The van der Waals surface area contributed by atoms with E-state index in [2.05, 4.69) is 5.10 Å². The monoisotopic (exact) mass is 397 g/mol. The minimum Gasteiger partial charge on any atom is -0.421 e. The van der Waals surface area contributed by atoms with E-state index in [1.165, 1.54) is 12.1 Å². The Labute approximate surface area is 170 Å². The molecular weight excluding hydrogens is 382 g/mol. The number of H-pyrrole nitrogens is 1. The Bertz CT molecular complexity index is 1440. The molecule has 0 bridgehead atoms. The Morgan fingerprint density at radius 2 is 1.63 bits per heavy atom. The predicted molar refractivity (Wildman–Crippen MR) is 109 cm³/mol. The summed E-state index contributed by atoms with van der Waals surface area (Å²) in [4.78, 5) is 25.5. The highest BCUT2D eigenvalue weighted by Gasteiger charge is 2.35. The molecule has 0 saturated heterocycles. The number of aromatic nitrogens is 2. The van der Waals surface area contributed by atoms with Crippen LogP contribution in [0.3, 0.4) is 0 Å². The number of nitrogens with two attached hydrogens (primary N) is 1. The van der Waals surface area contributed by atoms with Gasteiger partial charge in [0.05, 0.1) is 16.7 Å². The summed E-state index contributed by atoms with van der Waals surface area (Å²) < 4.78 is 6.39. The summed E-state index contributed by atoms with van der Waals surface area (Å²) in [5, 5.41) is 22.4. The van der Waals surface area contributed by atoms with Gasteiger partial charge in [-0.3, -0.25) is 14.7 Å². The standard InChI is InChI=1S/C22H15N5O3/c1-12-6-8-13(9-7-12)18-16(10-23)19(25)30-22(17(18)11-24)27-21(29)15-5-3-2-4-14(15)20(28)26-27/h2-9,18H,25H2,1H3,(H,26,28). The number of hydrogen-bond acceptors (Lipinski definition) is 6. The number of fused-ring (bicyclic) bond motifs is 1. The molecule has 146 valence electrons. The van der Waals surface area contributed by atoms with Gasteiger partial charge in [0, 0.05) is 0 Å². The van der Waals surface area contributed by atoms with Gasteiger partial charge in [0.1, 0.15) is 23.3 Å². The molecule has 2 aromatic carbocycles. The van der Waals surface area contributed by atoms with E-state index < -0.39 is 17.0 Å². The number of nitrogens with zero attached hydrogens (tertiary/aromatic N) is 3. The molecule has 3 N–H and O–H groups in total. The normalized spacial score (nSPS) is 16.2. The van der Waals surface area contributed by atoms with Gasteiger partial charge < -0.3 is 10.5 Å². The van der Waals surface area contributed by atoms with Crippen molar-refractivity contribution in [2.24, 2.45) is 5.73 Å². The molecule has 0 aliphatic carbocycles. The third-order valence-electron chi connectivity index (χ3n) is 4.95. The van der Waals surface area contributed by atoms with E-state index in [0.29, 0.717) is 5.56 Å². The van der Waals surface area contributed by atoms with Gasteiger partial charge in [-0.2, -0.15) is 15.2 Å². The lowest BCUT2D eigenvalue weighted by Crippen LogP contribution is -2.33. The number of hydrogen-bond donors (Lipinski definition) is 2. The van der Waals surface area contributed by atoms with Crippen molar-refractivity contribution in [1.82, 2.24) is 9.78 Å². The maximum absolute atomic E-state index is 13.0. The molecule has 30 heavy (non-hydrogen) atoms. The first kappa shape index (κ1) is 18.8. The number of nitrogens with one attached hydrogen (secondary N) is 1. The van der Waals surface area contributed by atoms with Gasteiger partial charge in [-0.15, -0.1) is 0 Å². The fraction of sp³-hybridized carbons (Fsp3) is 0.0909. The lowest BCUT2D eigenvalue weighted by Gasteiger charge is -2.26. The summed E-state index contributed by atoms with van der Waals surface area (Å²) in [6.45, 7) is 1.91. The van der Waals surface area contributed by atoms with Crippen LogP contribution in [0.25, 0.3) is 16.7 Å². The molecule has 1 aromatic heterocycles. The summed E-state index contributed by atoms with van der Waals surface area (Å²) in [5.41, 5.74) is 6.54. The summed E-state index contributed by atoms with van der Waals surface area (Å²) in [7, 11) is 0. The van der Waals surface area contributed by atoms with Crippen molar-refractivity contribution in [1.29, 1.82) is 10.5 Å². The Balaban J connectivity index is 2.04. The van der Waals surface area contributed by atoms with Crippen LogP contribution < -0.4 is 16.9 Å². The van der Waals surface area contributed by atoms with Crippen LogP contribution in [0.2, 0.25) is 0 Å². The Morgan fingerprint density at radius 3 is 2.27 bits per heavy atom. The van der Waals surface area contributed by atoms with Gasteiger partial charge in [0.2, 0.25) is 11.8 Å². The molecule has 1 unspecified atom stereocenters. The predicted octanol–water partition coefficient (Wildman–Crippen LogP) is 2.20. The Kier molecular flexibility index (Phi) is 4.46. The molecule has 0 saturated carbocycles. The van der Waals surface area contributed by atoms with Crippen molar-refractivity contribution < 1.29 is 4.74 Å². The number of aryl methyl sites for hydroxylation is 1. The number of ether oxygens (including phenoxy) is 1. The fourth-order valence-electron chi connectivity index (χ4n) is 3.46. The molecule has 8 heteroatoms. The highest BCUT2D eigenvalue weighted by atomic mass is 16.5. The average Bonchev–Trinajstić information content (AvgIpc) is 2.76. The molecular formula is C22H15N5O3. The molecule has 0 amide bonds. The van der Waals surface area contributed by atoms with Crippen LogP contribution in [-0.4, -0.2) is 9.78 Å². The molecule has 2 heterocycles. The zero-order valence-corrected chi connectivity index (χ0v) is 15.8. The third kappa shape index (κ3) is 2.84. The van der Waals surface area contributed by atoms with Crippen LogP contribution in [0.1, 0.15) is 17.0 Å². The maximum atomic E-state index is 13.0. The zero-order chi connectivity index (χ0) is 21.4. The summed E-state index contributed by atoms with van der Waals surface area (Å²) in [6.07, 6.45) is 0. The molecule has 3 aromatic rings. The largest absolute Gasteiger partial charge is 0.421 e. The third-order valence-corrected chi connectivity index (χ3v) is 4.95. The second kappa shape index (κ2) is 7.12. The zero-order valence-electron chi connectivity index (χ0n) is 15.8. The number of benzene rings is 2. The lowest BCUT2D eigenvalue weighted by molar-refractivity contribution is 0.322. The smallest absolute Gasteiger partial charge is 0.280 e. The molecule has 4 rings (SSSR count). The molecule has 0 radical (unpaired) electrons. The van der Waals surface area contributed by atoms with Crippen LogP contribution in [-0.2, 0) is 4.74 Å².